The van der Waals surface area contributed by atoms with E-state index in [-0.39, 0.29) is 6.10 Å². The van der Waals surface area contributed by atoms with Gasteiger partial charge in [-0.05, 0) is 33.4 Å². The third-order valence-electron chi connectivity index (χ3n) is 4.15. The lowest BCUT2D eigenvalue weighted by Gasteiger charge is -2.24. The Hall–Kier alpha value is -1.27. The highest BCUT2D eigenvalue weighted by Crippen LogP contribution is 2.37. The molecule has 0 amide bonds. The first-order chi connectivity index (χ1) is 11.1. The summed E-state index contributed by atoms with van der Waals surface area (Å²) in [5.74, 6) is 0. The number of rotatable bonds is 6. The number of hydrogen-bond acceptors (Lipinski definition) is 5. The van der Waals surface area contributed by atoms with Crippen LogP contribution in [0.3, 0.4) is 0 Å². The standard InChI is InChI=1S/C18H25N3OS/c1-21(2)12-14(22)11-19-15-9-6-10-16-17(15)23-18(20-16)13-7-4-3-5-8-13/h3-5,7-8,14-15,19,22H,6,9-12H2,1-2H3. The molecule has 1 aliphatic rings. The van der Waals surface area contributed by atoms with Crippen LogP contribution in [-0.4, -0.2) is 48.3 Å². The van der Waals surface area contributed by atoms with Crippen molar-refractivity contribution in [2.45, 2.75) is 31.4 Å². The van der Waals surface area contributed by atoms with Crippen molar-refractivity contribution >= 4 is 11.3 Å². The molecule has 2 atom stereocenters. The van der Waals surface area contributed by atoms with Crippen LogP contribution in [0.5, 0.6) is 0 Å². The molecule has 124 valence electrons. The van der Waals surface area contributed by atoms with Gasteiger partial charge in [-0.2, -0.15) is 0 Å². The van der Waals surface area contributed by atoms with Crippen molar-refractivity contribution in [2.24, 2.45) is 0 Å². The van der Waals surface area contributed by atoms with Crippen molar-refractivity contribution in [3.63, 3.8) is 0 Å². The molecular formula is C18H25N3OS. The smallest absolute Gasteiger partial charge is 0.123 e. The lowest BCUT2D eigenvalue weighted by molar-refractivity contribution is 0.130. The molecule has 5 heteroatoms. The third kappa shape index (κ3) is 4.18. The van der Waals surface area contributed by atoms with Crippen LogP contribution in [0.2, 0.25) is 0 Å². The van der Waals surface area contributed by atoms with E-state index < -0.39 is 0 Å². The molecule has 0 aliphatic heterocycles. The monoisotopic (exact) mass is 331 g/mol. The number of fused-ring (bicyclic) bond motifs is 1. The van der Waals surface area contributed by atoms with Gasteiger partial charge in [0.25, 0.3) is 0 Å². The summed E-state index contributed by atoms with van der Waals surface area (Å²) in [7, 11) is 3.97. The Morgan fingerprint density at radius 2 is 2.13 bits per heavy atom. The van der Waals surface area contributed by atoms with E-state index in [2.05, 4.69) is 29.6 Å². The van der Waals surface area contributed by atoms with Crippen molar-refractivity contribution in [1.82, 2.24) is 15.2 Å². The predicted molar refractivity (Wildman–Crippen MR) is 95.8 cm³/mol. The average Bonchev–Trinajstić information content (AvgIpc) is 2.98. The van der Waals surface area contributed by atoms with Crippen LogP contribution in [0.4, 0.5) is 0 Å². The first-order valence-electron chi connectivity index (χ1n) is 8.24. The van der Waals surface area contributed by atoms with Crippen LogP contribution >= 0.6 is 11.3 Å². The van der Waals surface area contributed by atoms with Gasteiger partial charge in [0.15, 0.2) is 0 Å². The SMILES string of the molecule is CN(C)CC(O)CNC1CCCc2nc(-c3ccccc3)sc21. The van der Waals surface area contributed by atoms with E-state index in [0.717, 1.165) is 24.3 Å². The number of aliphatic hydroxyl groups excluding tert-OH is 1. The Morgan fingerprint density at radius 1 is 1.35 bits per heavy atom. The molecule has 1 aromatic heterocycles. The van der Waals surface area contributed by atoms with E-state index in [9.17, 15) is 5.11 Å². The minimum Gasteiger partial charge on any atom is -0.390 e. The first kappa shape index (κ1) is 16.6. The highest BCUT2D eigenvalue weighted by atomic mass is 32.1. The van der Waals surface area contributed by atoms with Gasteiger partial charge in [0.1, 0.15) is 5.01 Å². The van der Waals surface area contributed by atoms with Gasteiger partial charge in [0.2, 0.25) is 0 Å². The maximum atomic E-state index is 10.1. The molecule has 3 rings (SSSR count). The lowest BCUT2D eigenvalue weighted by Crippen LogP contribution is -2.37. The van der Waals surface area contributed by atoms with Crippen molar-refractivity contribution in [1.29, 1.82) is 0 Å². The Balaban J connectivity index is 1.71. The maximum absolute atomic E-state index is 10.1. The number of nitrogens with zero attached hydrogens (tertiary/aromatic N) is 2. The molecule has 1 heterocycles. The van der Waals surface area contributed by atoms with Gasteiger partial charge in [-0.1, -0.05) is 30.3 Å². The van der Waals surface area contributed by atoms with E-state index in [4.69, 9.17) is 4.98 Å². The molecule has 1 aromatic carbocycles. The van der Waals surface area contributed by atoms with Crippen LogP contribution in [0, 0.1) is 0 Å². The van der Waals surface area contributed by atoms with Gasteiger partial charge >= 0.3 is 0 Å². The zero-order valence-corrected chi connectivity index (χ0v) is 14.6. The van der Waals surface area contributed by atoms with Crippen molar-refractivity contribution < 1.29 is 5.11 Å². The zero-order valence-electron chi connectivity index (χ0n) is 13.8. The largest absolute Gasteiger partial charge is 0.390 e. The third-order valence-corrected chi connectivity index (χ3v) is 5.41. The summed E-state index contributed by atoms with van der Waals surface area (Å²) in [6.45, 7) is 1.31. The molecule has 0 bridgehead atoms. The quantitative estimate of drug-likeness (QED) is 0.854. The molecule has 0 radical (unpaired) electrons. The van der Waals surface area contributed by atoms with Crippen molar-refractivity contribution in [3.05, 3.63) is 40.9 Å². The second kappa shape index (κ2) is 7.53. The molecule has 2 aromatic rings. The van der Waals surface area contributed by atoms with Gasteiger partial charge < -0.3 is 15.3 Å². The number of nitrogens with one attached hydrogen (secondary N) is 1. The van der Waals surface area contributed by atoms with E-state index >= 15 is 0 Å². The fraction of sp³-hybridized carbons (Fsp3) is 0.500. The van der Waals surface area contributed by atoms with Crippen LogP contribution in [-0.2, 0) is 6.42 Å². The molecule has 0 fully saturated rings. The molecule has 4 nitrogen and oxygen atoms in total. The molecule has 1 aliphatic carbocycles. The van der Waals surface area contributed by atoms with Gasteiger partial charge in [-0.3, -0.25) is 0 Å². The molecule has 0 saturated carbocycles. The lowest BCUT2D eigenvalue weighted by atomic mass is 9.98. The minimum atomic E-state index is -0.336. The molecule has 2 N–H and O–H groups in total. The normalized spacial score (nSPS) is 18.9. The summed E-state index contributed by atoms with van der Waals surface area (Å²) in [6, 6.07) is 10.7. The maximum Gasteiger partial charge on any atom is 0.123 e. The van der Waals surface area contributed by atoms with E-state index in [1.165, 1.54) is 16.1 Å². The number of thiazole rings is 1. The van der Waals surface area contributed by atoms with Crippen LogP contribution in [0.1, 0.15) is 29.5 Å². The van der Waals surface area contributed by atoms with Crippen molar-refractivity contribution in [2.75, 3.05) is 27.2 Å². The second-order valence-electron chi connectivity index (χ2n) is 6.47. The molecule has 0 saturated heterocycles. The summed E-state index contributed by atoms with van der Waals surface area (Å²) in [5.41, 5.74) is 2.43. The van der Waals surface area contributed by atoms with Crippen LogP contribution in [0.25, 0.3) is 10.6 Å². The van der Waals surface area contributed by atoms with E-state index in [1.807, 2.05) is 25.1 Å². The fourth-order valence-corrected chi connectivity index (χ4v) is 4.31. The number of aliphatic hydroxyl groups is 1. The number of aromatic nitrogens is 1. The van der Waals surface area contributed by atoms with Crippen LogP contribution in [0.15, 0.2) is 30.3 Å². The summed E-state index contributed by atoms with van der Waals surface area (Å²) < 4.78 is 0. The van der Waals surface area contributed by atoms with Crippen molar-refractivity contribution in [3.8, 4) is 10.6 Å². The van der Waals surface area contributed by atoms with E-state index in [1.54, 1.807) is 11.3 Å². The molecule has 2 unspecified atom stereocenters. The topological polar surface area (TPSA) is 48.4 Å². The summed E-state index contributed by atoms with van der Waals surface area (Å²) >= 11 is 1.80. The van der Waals surface area contributed by atoms with Gasteiger partial charge in [-0.25, -0.2) is 4.98 Å². The molecular weight excluding hydrogens is 306 g/mol. The van der Waals surface area contributed by atoms with E-state index in [0.29, 0.717) is 19.1 Å². The highest BCUT2D eigenvalue weighted by molar-refractivity contribution is 7.15. The molecule has 0 spiro atoms. The summed E-state index contributed by atoms with van der Waals surface area (Å²) in [6.07, 6.45) is 3.01. The Morgan fingerprint density at radius 3 is 2.87 bits per heavy atom. The number of likely N-dealkylation sites (N-methyl/N-ethyl adjacent to an activating group) is 1. The minimum absolute atomic E-state index is 0.325. The summed E-state index contributed by atoms with van der Waals surface area (Å²) in [5, 5.41) is 14.7. The number of aryl methyl sites for hydroxylation is 1. The highest BCUT2D eigenvalue weighted by Gasteiger charge is 2.25. The number of hydrogen-bond donors (Lipinski definition) is 2. The average molecular weight is 331 g/mol. The number of benzene rings is 1. The van der Waals surface area contributed by atoms with Gasteiger partial charge in [-0.15, -0.1) is 11.3 Å². The Kier molecular flexibility index (Phi) is 5.43. The first-order valence-corrected chi connectivity index (χ1v) is 9.06. The fourth-order valence-electron chi connectivity index (χ4n) is 3.08. The van der Waals surface area contributed by atoms with Gasteiger partial charge in [0, 0.05) is 29.6 Å². The predicted octanol–water partition coefficient (Wildman–Crippen LogP) is 2.70. The zero-order chi connectivity index (χ0) is 16.2. The van der Waals surface area contributed by atoms with Crippen LogP contribution < -0.4 is 5.32 Å². The second-order valence-corrected chi connectivity index (χ2v) is 7.50. The Labute approximate surface area is 142 Å². The summed E-state index contributed by atoms with van der Waals surface area (Å²) in [4.78, 5) is 8.22. The Bertz CT molecular complexity index is 626. The van der Waals surface area contributed by atoms with Gasteiger partial charge in [0.05, 0.1) is 11.8 Å². The molecule has 23 heavy (non-hydrogen) atoms.